The number of ether oxygens (including phenoxy) is 1. The summed E-state index contributed by atoms with van der Waals surface area (Å²) in [5.41, 5.74) is 1.46. The largest absolute Gasteiger partial charge is 0.487 e. The minimum absolute atomic E-state index is 0.120. The molecule has 1 aliphatic rings. The molecule has 1 aliphatic heterocycles. The van der Waals surface area contributed by atoms with Gasteiger partial charge in [-0.3, -0.25) is 4.79 Å². The third-order valence-electron chi connectivity index (χ3n) is 3.12. The average molecular weight is 249 g/mol. The Morgan fingerprint density at radius 3 is 2.94 bits per heavy atom. The van der Waals surface area contributed by atoms with Crippen molar-refractivity contribution >= 4 is 11.6 Å². The number of unbranched alkanes of at least 4 members (excludes halogenated alkanes) is 1. The van der Waals surface area contributed by atoms with Gasteiger partial charge in [-0.2, -0.15) is 0 Å². The van der Waals surface area contributed by atoms with E-state index in [1.807, 2.05) is 0 Å². The van der Waals surface area contributed by atoms with E-state index < -0.39 is 6.10 Å². The van der Waals surface area contributed by atoms with Gasteiger partial charge in [-0.25, -0.2) is 0 Å². The number of fused-ring (bicyclic) bond motifs is 1. The molecule has 0 spiro atoms. The third kappa shape index (κ3) is 2.64. The van der Waals surface area contributed by atoms with Gasteiger partial charge < -0.3 is 15.2 Å². The van der Waals surface area contributed by atoms with Crippen LogP contribution in [0.1, 0.15) is 44.8 Å². The van der Waals surface area contributed by atoms with Crippen molar-refractivity contribution in [2.45, 2.75) is 45.3 Å². The Morgan fingerprint density at radius 2 is 2.28 bits per heavy atom. The van der Waals surface area contributed by atoms with Crippen molar-refractivity contribution in [2.75, 3.05) is 5.32 Å². The van der Waals surface area contributed by atoms with Gasteiger partial charge in [-0.05, 0) is 31.0 Å². The van der Waals surface area contributed by atoms with Crippen LogP contribution in [0.4, 0.5) is 5.69 Å². The van der Waals surface area contributed by atoms with E-state index in [4.69, 9.17) is 4.74 Å². The molecule has 0 bridgehead atoms. The van der Waals surface area contributed by atoms with E-state index in [2.05, 4.69) is 12.2 Å². The summed E-state index contributed by atoms with van der Waals surface area (Å²) in [6, 6.07) is 5.37. The first-order chi connectivity index (χ1) is 8.61. The van der Waals surface area contributed by atoms with Crippen molar-refractivity contribution < 1.29 is 14.6 Å². The topological polar surface area (TPSA) is 58.6 Å². The Balaban J connectivity index is 2.13. The lowest BCUT2D eigenvalue weighted by Gasteiger charge is -2.13. The van der Waals surface area contributed by atoms with Crippen LogP contribution < -0.4 is 10.1 Å². The number of aliphatic hydroxyl groups is 1. The van der Waals surface area contributed by atoms with Gasteiger partial charge in [0, 0.05) is 18.2 Å². The summed E-state index contributed by atoms with van der Waals surface area (Å²) in [6.07, 6.45) is 2.21. The molecule has 18 heavy (non-hydrogen) atoms. The summed E-state index contributed by atoms with van der Waals surface area (Å²) in [7, 11) is 0. The zero-order chi connectivity index (χ0) is 13.1. The molecule has 98 valence electrons. The first-order valence-corrected chi connectivity index (χ1v) is 6.38. The molecule has 2 rings (SSSR count). The van der Waals surface area contributed by atoms with E-state index >= 15 is 0 Å². The van der Waals surface area contributed by atoms with Gasteiger partial charge in [0.2, 0.25) is 5.91 Å². The van der Waals surface area contributed by atoms with Crippen molar-refractivity contribution in [3.63, 3.8) is 0 Å². The number of hydrogen-bond acceptors (Lipinski definition) is 3. The smallest absolute Gasteiger partial charge is 0.221 e. The minimum Gasteiger partial charge on any atom is -0.487 e. The number of amides is 1. The Bertz CT molecular complexity index is 445. The van der Waals surface area contributed by atoms with E-state index in [-0.39, 0.29) is 12.0 Å². The number of rotatable bonds is 4. The molecule has 0 saturated carbocycles. The van der Waals surface area contributed by atoms with Gasteiger partial charge in [-0.15, -0.1) is 0 Å². The van der Waals surface area contributed by atoms with Gasteiger partial charge >= 0.3 is 0 Å². The maximum atomic E-state index is 11.0. The van der Waals surface area contributed by atoms with Gasteiger partial charge in [0.25, 0.3) is 0 Å². The third-order valence-corrected chi connectivity index (χ3v) is 3.12. The zero-order valence-corrected chi connectivity index (χ0v) is 10.8. The molecule has 0 saturated heterocycles. The Kier molecular flexibility index (Phi) is 3.87. The van der Waals surface area contributed by atoms with Crippen LogP contribution in [0.15, 0.2) is 18.2 Å². The number of nitrogens with one attached hydrogen (secondary N) is 1. The van der Waals surface area contributed by atoms with Crippen LogP contribution in [0.5, 0.6) is 5.75 Å². The van der Waals surface area contributed by atoms with Crippen molar-refractivity contribution in [1.29, 1.82) is 0 Å². The molecule has 1 aromatic rings. The first kappa shape index (κ1) is 12.9. The highest BCUT2D eigenvalue weighted by molar-refractivity contribution is 5.88. The van der Waals surface area contributed by atoms with E-state index in [1.54, 1.807) is 18.2 Å². The van der Waals surface area contributed by atoms with E-state index in [9.17, 15) is 9.90 Å². The monoisotopic (exact) mass is 249 g/mol. The predicted octanol–water partition coefficient (Wildman–Crippen LogP) is 2.63. The van der Waals surface area contributed by atoms with Crippen LogP contribution in [-0.4, -0.2) is 17.1 Å². The lowest BCUT2D eigenvalue weighted by molar-refractivity contribution is -0.114. The van der Waals surface area contributed by atoms with Gasteiger partial charge in [-0.1, -0.05) is 13.3 Å². The Hall–Kier alpha value is -1.55. The lowest BCUT2D eigenvalue weighted by atomic mass is 10.0. The highest BCUT2D eigenvalue weighted by atomic mass is 16.5. The molecule has 0 aromatic heterocycles. The lowest BCUT2D eigenvalue weighted by Crippen LogP contribution is -2.18. The van der Waals surface area contributed by atoms with Gasteiger partial charge in [0.15, 0.2) is 0 Å². The van der Waals surface area contributed by atoms with Gasteiger partial charge in [0.1, 0.15) is 18.0 Å². The van der Waals surface area contributed by atoms with Crippen molar-refractivity contribution in [1.82, 2.24) is 0 Å². The molecule has 0 radical (unpaired) electrons. The van der Waals surface area contributed by atoms with E-state index in [1.165, 1.54) is 6.92 Å². The molecule has 4 nitrogen and oxygen atoms in total. The maximum Gasteiger partial charge on any atom is 0.221 e. The standard InChI is InChI=1S/C14H19NO3/c1-3-4-5-13-14(17)11-8-10(15-9(2)16)6-7-12(11)18-13/h6-8,13-14,17H,3-5H2,1-2H3,(H,15,16). The Morgan fingerprint density at radius 1 is 1.50 bits per heavy atom. The molecular formula is C14H19NO3. The summed E-state index contributed by atoms with van der Waals surface area (Å²) in [6.45, 7) is 3.58. The number of anilines is 1. The van der Waals surface area contributed by atoms with Crippen LogP contribution in [0.25, 0.3) is 0 Å². The number of hydrogen-bond donors (Lipinski definition) is 2. The Labute approximate surface area is 107 Å². The molecule has 2 unspecified atom stereocenters. The summed E-state index contributed by atoms with van der Waals surface area (Å²) in [4.78, 5) is 11.0. The molecule has 1 amide bonds. The quantitative estimate of drug-likeness (QED) is 0.862. The number of carbonyl (C=O) groups is 1. The van der Waals surface area contributed by atoms with Crippen LogP contribution in [0.2, 0.25) is 0 Å². The normalized spacial score (nSPS) is 21.3. The molecule has 4 heteroatoms. The summed E-state index contributed by atoms with van der Waals surface area (Å²) < 4.78 is 5.72. The van der Waals surface area contributed by atoms with Crippen LogP contribution >= 0.6 is 0 Å². The summed E-state index contributed by atoms with van der Waals surface area (Å²) in [5, 5.41) is 12.9. The number of aliphatic hydroxyl groups excluding tert-OH is 1. The van der Waals surface area contributed by atoms with Crippen LogP contribution in [0, 0.1) is 0 Å². The fourth-order valence-electron chi connectivity index (χ4n) is 2.22. The highest BCUT2D eigenvalue weighted by Gasteiger charge is 2.32. The molecule has 2 N–H and O–H groups in total. The zero-order valence-electron chi connectivity index (χ0n) is 10.8. The van der Waals surface area contributed by atoms with Crippen LogP contribution in [0.3, 0.4) is 0 Å². The second kappa shape index (κ2) is 5.40. The fourth-order valence-corrected chi connectivity index (χ4v) is 2.22. The molecule has 1 heterocycles. The molecule has 2 atom stereocenters. The highest BCUT2D eigenvalue weighted by Crippen LogP contribution is 2.39. The van der Waals surface area contributed by atoms with Crippen molar-refractivity contribution in [3.05, 3.63) is 23.8 Å². The summed E-state index contributed by atoms with van der Waals surface area (Å²) >= 11 is 0. The first-order valence-electron chi connectivity index (χ1n) is 6.38. The van der Waals surface area contributed by atoms with Crippen molar-refractivity contribution in [2.24, 2.45) is 0 Å². The number of benzene rings is 1. The maximum absolute atomic E-state index is 11.0. The second-order valence-electron chi connectivity index (χ2n) is 4.68. The number of carbonyl (C=O) groups excluding carboxylic acids is 1. The van der Waals surface area contributed by atoms with Crippen molar-refractivity contribution in [3.8, 4) is 5.75 Å². The summed E-state index contributed by atoms with van der Waals surface area (Å²) in [5.74, 6) is 0.601. The molecule has 1 aromatic carbocycles. The van der Waals surface area contributed by atoms with Gasteiger partial charge in [0.05, 0.1) is 0 Å². The molecular weight excluding hydrogens is 230 g/mol. The SMILES string of the molecule is CCCCC1Oc2ccc(NC(C)=O)cc2C1O. The molecule has 0 aliphatic carbocycles. The fraction of sp³-hybridized carbons (Fsp3) is 0.500. The van der Waals surface area contributed by atoms with E-state index in [0.717, 1.165) is 30.6 Å². The minimum atomic E-state index is -0.597. The predicted molar refractivity (Wildman–Crippen MR) is 69.6 cm³/mol. The van der Waals surface area contributed by atoms with E-state index in [0.29, 0.717) is 5.69 Å². The second-order valence-corrected chi connectivity index (χ2v) is 4.68. The average Bonchev–Trinajstić information content (AvgIpc) is 2.63. The molecule has 0 fully saturated rings. The van der Waals surface area contributed by atoms with Crippen LogP contribution in [-0.2, 0) is 4.79 Å².